The number of nitrogens with zero attached hydrogens (tertiary/aromatic N) is 2. The molecule has 1 aromatic heterocycles. The Morgan fingerprint density at radius 1 is 1.02 bits per heavy atom. The van der Waals surface area contributed by atoms with Gasteiger partial charge >= 0.3 is 0 Å². The zero-order valence-corrected chi connectivity index (χ0v) is 27.4. The molecular weight excluding hydrogens is 586 g/mol. The predicted octanol–water partition coefficient (Wildman–Crippen LogP) is 7.43. The van der Waals surface area contributed by atoms with E-state index in [0.717, 1.165) is 66.1 Å². The molecule has 9 heteroatoms. The lowest BCUT2D eigenvalue weighted by atomic mass is 9.98. The van der Waals surface area contributed by atoms with Gasteiger partial charge in [0.1, 0.15) is 18.1 Å². The van der Waals surface area contributed by atoms with Crippen molar-refractivity contribution in [1.82, 2.24) is 9.55 Å². The van der Waals surface area contributed by atoms with Gasteiger partial charge in [-0.05, 0) is 102 Å². The first kappa shape index (κ1) is 33.8. The van der Waals surface area contributed by atoms with Gasteiger partial charge in [-0.25, -0.2) is 4.98 Å². The van der Waals surface area contributed by atoms with Gasteiger partial charge in [0.05, 0.1) is 31.9 Å². The highest BCUT2D eigenvalue weighted by Gasteiger charge is 2.15. The van der Waals surface area contributed by atoms with E-state index in [4.69, 9.17) is 14.2 Å². The van der Waals surface area contributed by atoms with Crippen LogP contribution in [-0.4, -0.2) is 46.9 Å². The number of benzene rings is 3. The average Bonchev–Trinajstić information content (AvgIpc) is 3.48. The summed E-state index contributed by atoms with van der Waals surface area (Å²) in [6.45, 7) is 8.98. The Morgan fingerprint density at radius 2 is 1.84 bits per heavy atom. The van der Waals surface area contributed by atoms with Gasteiger partial charge < -0.3 is 28.6 Å². The van der Waals surface area contributed by atoms with Crippen molar-refractivity contribution in [3.63, 3.8) is 0 Å². The molecule has 0 fully saturated rings. The number of hydrogen-bond acceptors (Lipinski definition) is 6. The van der Waals surface area contributed by atoms with Crippen LogP contribution in [0.1, 0.15) is 49.9 Å². The second-order valence-electron chi connectivity index (χ2n) is 10.7. The summed E-state index contributed by atoms with van der Waals surface area (Å²) in [6, 6.07) is 19.0. The number of ether oxygens (including phenoxy) is 3. The summed E-state index contributed by atoms with van der Waals surface area (Å²) in [5, 5.41) is 2.88. The van der Waals surface area contributed by atoms with Gasteiger partial charge in [0, 0.05) is 30.5 Å². The van der Waals surface area contributed by atoms with E-state index in [-0.39, 0.29) is 5.91 Å². The number of aryl methyl sites for hydroxylation is 2. The van der Waals surface area contributed by atoms with Gasteiger partial charge in [-0.1, -0.05) is 32.4 Å². The molecule has 4 rings (SSSR count). The minimum Gasteiger partial charge on any atom is -0.611 e. The highest BCUT2D eigenvalue weighted by Crippen LogP contribution is 2.31. The normalized spacial score (nSPS) is 11.9. The molecular formula is C36H43N3O5S. The first-order valence-corrected chi connectivity index (χ1v) is 16.7. The third-order valence-electron chi connectivity index (χ3n) is 7.22. The Morgan fingerprint density at radius 3 is 2.58 bits per heavy atom. The number of carbonyl (C=O) groups is 1. The Bertz CT molecular complexity index is 1550. The predicted molar refractivity (Wildman–Crippen MR) is 181 cm³/mol. The first-order valence-electron chi connectivity index (χ1n) is 15.4. The number of nitrogens with one attached hydrogen (secondary N) is 1. The average molecular weight is 630 g/mol. The standard InChI is InChI=1S/C36H43N3O5S/c1-5-7-19-43-20-21-44-32-12-15-34(27(3)22-32)28-8-16-35(42-4)29(23-28)9-17-36(40)38-30-10-13-33(14-11-30)45(41)25-31-24-37-26-39(31)18-6-2/h8-17,22-24,26H,5-7,18-21,25H2,1-4H3,(H,38,40)/b17-9+/t45-/m0/s1. The van der Waals surface area contributed by atoms with Crippen molar-refractivity contribution in [1.29, 1.82) is 0 Å². The van der Waals surface area contributed by atoms with Gasteiger partial charge in [0.15, 0.2) is 10.6 Å². The fourth-order valence-electron chi connectivity index (χ4n) is 4.82. The molecule has 0 spiro atoms. The number of rotatable bonds is 17. The molecule has 1 atom stereocenters. The lowest BCUT2D eigenvalue weighted by Crippen LogP contribution is -2.11. The molecule has 1 N–H and O–H groups in total. The highest BCUT2D eigenvalue weighted by molar-refractivity contribution is 7.90. The highest BCUT2D eigenvalue weighted by atomic mass is 32.2. The molecule has 4 aromatic rings. The Balaban J connectivity index is 1.36. The Hall–Kier alpha value is -4.05. The molecule has 1 heterocycles. The number of amides is 1. The summed E-state index contributed by atoms with van der Waals surface area (Å²) in [5.41, 5.74) is 5.49. The largest absolute Gasteiger partial charge is 0.611 e. The van der Waals surface area contributed by atoms with E-state index in [1.807, 2.05) is 41.0 Å². The molecule has 1 amide bonds. The van der Waals surface area contributed by atoms with E-state index in [0.29, 0.717) is 35.3 Å². The molecule has 0 saturated heterocycles. The van der Waals surface area contributed by atoms with E-state index in [1.54, 1.807) is 50.0 Å². The first-order chi connectivity index (χ1) is 21.9. The van der Waals surface area contributed by atoms with Crippen molar-refractivity contribution in [3.8, 4) is 22.6 Å². The number of methoxy groups -OCH3 is 1. The molecule has 0 aliphatic carbocycles. The topological polar surface area (TPSA) is 97.7 Å². The van der Waals surface area contributed by atoms with Crippen molar-refractivity contribution in [2.75, 3.05) is 32.2 Å². The van der Waals surface area contributed by atoms with E-state index in [1.165, 1.54) is 6.08 Å². The van der Waals surface area contributed by atoms with E-state index < -0.39 is 11.2 Å². The van der Waals surface area contributed by atoms with Crippen molar-refractivity contribution in [3.05, 3.63) is 96.1 Å². The van der Waals surface area contributed by atoms with Gasteiger partial charge in [-0.2, -0.15) is 0 Å². The zero-order valence-electron chi connectivity index (χ0n) is 26.6. The second kappa shape index (κ2) is 17.4. The SMILES string of the molecule is CCCCOCCOc1ccc(-c2ccc(OC)c(/C=C/C(=O)Nc3ccc([S@@+]([O-])Cc4cncn4CCC)cc3)c2)c(C)c1. The summed E-state index contributed by atoms with van der Waals surface area (Å²) in [6.07, 6.45) is 9.92. The number of unbranched alkanes of at least 4 members (excludes halogenated alkanes) is 1. The van der Waals surface area contributed by atoms with Crippen LogP contribution < -0.4 is 14.8 Å². The van der Waals surface area contributed by atoms with E-state index >= 15 is 0 Å². The van der Waals surface area contributed by atoms with Crippen LogP contribution in [0, 0.1) is 6.92 Å². The Labute approximate surface area is 269 Å². The molecule has 3 aromatic carbocycles. The number of anilines is 1. The van der Waals surface area contributed by atoms with Crippen molar-refractivity contribution >= 4 is 28.8 Å². The minimum absolute atomic E-state index is 0.281. The molecule has 0 aliphatic rings. The maximum Gasteiger partial charge on any atom is 0.248 e. The van der Waals surface area contributed by atoms with Gasteiger partial charge in [-0.15, -0.1) is 0 Å². The van der Waals surface area contributed by atoms with Crippen LogP contribution in [0.5, 0.6) is 11.5 Å². The van der Waals surface area contributed by atoms with Crippen LogP contribution in [0.3, 0.4) is 0 Å². The third kappa shape index (κ3) is 9.97. The fourth-order valence-corrected chi connectivity index (χ4v) is 5.93. The Kier molecular flexibility index (Phi) is 13.1. The maximum absolute atomic E-state index is 12.9. The number of imidazole rings is 1. The van der Waals surface area contributed by atoms with Gasteiger partial charge in [0.2, 0.25) is 5.91 Å². The molecule has 0 unspecified atom stereocenters. The number of hydrogen-bond donors (Lipinski definition) is 1. The van der Waals surface area contributed by atoms with Crippen LogP contribution in [0.4, 0.5) is 5.69 Å². The van der Waals surface area contributed by atoms with Crippen molar-refractivity contribution in [2.45, 2.75) is 57.2 Å². The van der Waals surface area contributed by atoms with Crippen LogP contribution >= 0.6 is 0 Å². The lowest BCUT2D eigenvalue weighted by molar-refractivity contribution is -0.111. The van der Waals surface area contributed by atoms with Crippen LogP contribution in [0.2, 0.25) is 0 Å². The molecule has 0 radical (unpaired) electrons. The summed E-state index contributed by atoms with van der Waals surface area (Å²) < 4.78 is 32.0. The third-order valence-corrected chi connectivity index (χ3v) is 8.57. The molecule has 45 heavy (non-hydrogen) atoms. The molecule has 0 saturated carbocycles. The van der Waals surface area contributed by atoms with Crippen LogP contribution in [-0.2, 0) is 33.0 Å². The maximum atomic E-state index is 12.9. The molecule has 0 aliphatic heterocycles. The zero-order chi connectivity index (χ0) is 32.0. The molecule has 8 nitrogen and oxygen atoms in total. The smallest absolute Gasteiger partial charge is 0.248 e. The van der Waals surface area contributed by atoms with Crippen molar-refractivity contribution in [2.24, 2.45) is 0 Å². The summed E-state index contributed by atoms with van der Waals surface area (Å²) >= 11 is -1.22. The summed E-state index contributed by atoms with van der Waals surface area (Å²) in [7, 11) is 1.61. The van der Waals surface area contributed by atoms with E-state index in [9.17, 15) is 9.35 Å². The fraction of sp³-hybridized carbons (Fsp3) is 0.333. The quantitative estimate of drug-likeness (QED) is 0.0741. The molecule has 238 valence electrons. The molecule has 0 bridgehead atoms. The lowest BCUT2D eigenvalue weighted by Gasteiger charge is -2.13. The van der Waals surface area contributed by atoms with Crippen LogP contribution in [0.25, 0.3) is 17.2 Å². The minimum atomic E-state index is -1.22. The number of aromatic nitrogens is 2. The van der Waals surface area contributed by atoms with Gasteiger partial charge in [-0.3, -0.25) is 4.79 Å². The summed E-state index contributed by atoms with van der Waals surface area (Å²) in [5.74, 6) is 1.58. The monoisotopic (exact) mass is 629 g/mol. The second-order valence-corrected chi connectivity index (χ2v) is 12.1. The van der Waals surface area contributed by atoms with Crippen LogP contribution in [0.15, 0.2) is 84.2 Å². The summed E-state index contributed by atoms with van der Waals surface area (Å²) in [4.78, 5) is 17.7. The van der Waals surface area contributed by atoms with E-state index in [2.05, 4.69) is 31.1 Å². The van der Waals surface area contributed by atoms with Crippen molar-refractivity contribution < 1.29 is 23.6 Å². The number of carbonyl (C=O) groups excluding carboxylic acids is 1. The van der Waals surface area contributed by atoms with Gasteiger partial charge in [0.25, 0.3) is 0 Å².